The Morgan fingerprint density at radius 1 is 1.42 bits per heavy atom. The van der Waals surface area contributed by atoms with Crippen LogP contribution in [0.15, 0.2) is 36.8 Å². The number of nitrogens with zero attached hydrogens (tertiary/aromatic N) is 2. The Balaban J connectivity index is 1.67. The topological polar surface area (TPSA) is 58.2 Å². The summed E-state index contributed by atoms with van der Waals surface area (Å²) < 4.78 is 43.9. The number of nitrogens with one attached hydrogen (secondary N) is 1. The number of imidazole rings is 1. The predicted octanol–water partition coefficient (Wildman–Crippen LogP) is 2.51. The molecular formula is C16H16F3N3O2. The van der Waals surface area contributed by atoms with Crippen molar-refractivity contribution in [2.24, 2.45) is 0 Å². The fourth-order valence-corrected chi connectivity index (χ4v) is 2.71. The Bertz CT molecular complexity index is 701. The van der Waals surface area contributed by atoms with Crippen molar-refractivity contribution in [3.05, 3.63) is 53.6 Å². The van der Waals surface area contributed by atoms with Gasteiger partial charge in [0.1, 0.15) is 5.69 Å². The number of H-pyrrole nitrogens is 1. The van der Waals surface area contributed by atoms with E-state index in [2.05, 4.69) is 9.97 Å². The molecule has 1 N–H and O–H groups in total. The monoisotopic (exact) mass is 339 g/mol. The second kappa shape index (κ2) is 6.64. The van der Waals surface area contributed by atoms with Gasteiger partial charge in [0.25, 0.3) is 5.91 Å². The average molecular weight is 339 g/mol. The molecule has 1 saturated heterocycles. The van der Waals surface area contributed by atoms with Gasteiger partial charge in [-0.25, -0.2) is 4.98 Å². The van der Waals surface area contributed by atoms with E-state index in [4.69, 9.17) is 4.74 Å². The van der Waals surface area contributed by atoms with Crippen LogP contribution in [0.5, 0.6) is 0 Å². The highest BCUT2D eigenvalue weighted by Crippen LogP contribution is 2.30. The number of amides is 1. The maximum Gasteiger partial charge on any atom is 0.416 e. The molecule has 0 radical (unpaired) electrons. The highest BCUT2D eigenvalue weighted by Gasteiger charge is 2.31. The normalized spacial score (nSPS) is 18.6. The van der Waals surface area contributed by atoms with Crippen molar-refractivity contribution in [1.29, 1.82) is 0 Å². The Labute approximate surface area is 136 Å². The molecule has 0 aliphatic carbocycles. The first kappa shape index (κ1) is 16.5. The molecule has 1 atom stereocenters. The van der Waals surface area contributed by atoms with E-state index in [1.54, 1.807) is 11.0 Å². The average Bonchev–Trinajstić information content (AvgIpc) is 3.08. The summed E-state index contributed by atoms with van der Waals surface area (Å²) >= 11 is 0. The molecule has 5 nitrogen and oxygen atoms in total. The van der Waals surface area contributed by atoms with Crippen LogP contribution in [-0.4, -0.2) is 46.6 Å². The summed E-state index contributed by atoms with van der Waals surface area (Å²) in [6.45, 7) is 1.12. The predicted molar refractivity (Wildman–Crippen MR) is 79.4 cm³/mol. The van der Waals surface area contributed by atoms with Crippen molar-refractivity contribution in [3.63, 3.8) is 0 Å². The summed E-state index contributed by atoms with van der Waals surface area (Å²) in [7, 11) is 0. The van der Waals surface area contributed by atoms with Crippen LogP contribution in [0.1, 0.15) is 21.6 Å². The standard InChI is InChI=1S/C16H16F3N3O2/c17-16(18,19)12-3-1-2-11(6-12)7-13-9-22(4-5-24-13)15(23)14-8-20-10-21-14/h1-3,6,8,10,13H,4-5,7,9H2,(H,20,21)/t13-/m0/s1. The number of hydrogen-bond donors (Lipinski definition) is 1. The first-order chi connectivity index (χ1) is 11.4. The van der Waals surface area contributed by atoms with Crippen molar-refractivity contribution in [2.45, 2.75) is 18.7 Å². The first-order valence-electron chi connectivity index (χ1n) is 7.49. The van der Waals surface area contributed by atoms with Crippen LogP contribution in [0, 0.1) is 0 Å². The number of halogens is 3. The summed E-state index contributed by atoms with van der Waals surface area (Å²) in [5.74, 6) is -0.190. The number of carbonyl (C=O) groups excluding carboxylic acids is 1. The molecule has 0 spiro atoms. The summed E-state index contributed by atoms with van der Waals surface area (Å²) in [6.07, 6.45) is -1.52. The van der Waals surface area contributed by atoms with Crippen LogP contribution in [0.4, 0.5) is 13.2 Å². The van der Waals surface area contributed by atoms with Gasteiger partial charge in [0.15, 0.2) is 0 Å². The second-order valence-electron chi connectivity index (χ2n) is 5.61. The van der Waals surface area contributed by atoms with E-state index in [9.17, 15) is 18.0 Å². The van der Waals surface area contributed by atoms with E-state index < -0.39 is 11.7 Å². The lowest BCUT2D eigenvalue weighted by Crippen LogP contribution is -2.46. The molecule has 128 valence electrons. The third-order valence-corrected chi connectivity index (χ3v) is 3.87. The number of ether oxygens (including phenoxy) is 1. The van der Waals surface area contributed by atoms with Crippen molar-refractivity contribution in [1.82, 2.24) is 14.9 Å². The van der Waals surface area contributed by atoms with Crippen LogP contribution >= 0.6 is 0 Å². The van der Waals surface area contributed by atoms with Crippen LogP contribution < -0.4 is 0 Å². The molecular weight excluding hydrogens is 323 g/mol. The van der Waals surface area contributed by atoms with E-state index in [1.807, 2.05) is 0 Å². The Morgan fingerprint density at radius 3 is 2.96 bits per heavy atom. The molecule has 1 aromatic carbocycles. The molecule has 3 rings (SSSR count). The molecule has 2 heterocycles. The maximum atomic E-state index is 12.8. The van der Waals surface area contributed by atoms with Gasteiger partial charge in [0.05, 0.1) is 30.8 Å². The summed E-state index contributed by atoms with van der Waals surface area (Å²) in [5, 5.41) is 0. The van der Waals surface area contributed by atoms with E-state index in [0.717, 1.165) is 12.1 Å². The van der Waals surface area contributed by atoms with Gasteiger partial charge in [-0.15, -0.1) is 0 Å². The highest BCUT2D eigenvalue weighted by atomic mass is 19.4. The quantitative estimate of drug-likeness (QED) is 0.935. The zero-order valence-corrected chi connectivity index (χ0v) is 12.7. The van der Waals surface area contributed by atoms with Crippen LogP contribution in [0.3, 0.4) is 0 Å². The van der Waals surface area contributed by atoms with E-state index in [1.165, 1.54) is 18.6 Å². The summed E-state index contributed by atoms with van der Waals surface area (Å²) in [5.41, 5.74) is 0.238. The molecule has 1 fully saturated rings. The molecule has 8 heteroatoms. The minimum absolute atomic E-state index is 0.190. The van der Waals surface area contributed by atoms with Crippen molar-refractivity contribution < 1.29 is 22.7 Å². The third kappa shape index (κ3) is 3.76. The number of aromatic amines is 1. The van der Waals surface area contributed by atoms with Crippen LogP contribution in [-0.2, 0) is 17.3 Å². The second-order valence-corrected chi connectivity index (χ2v) is 5.61. The molecule has 0 bridgehead atoms. The Morgan fingerprint density at radius 2 is 2.25 bits per heavy atom. The van der Waals surface area contributed by atoms with E-state index in [-0.39, 0.29) is 12.0 Å². The van der Waals surface area contributed by atoms with Gasteiger partial charge < -0.3 is 14.6 Å². The molecule has 1 aromatic heterocycles. The van der Waals surface area contributed by atoms with Gasteiger partial charge in [-0.05, 0) is 11.6 Å². The van der Waals surface area contributed by atoms with Gasteiger partial charge in [-0.3, -0.25) is 4.79 Å². The van der Waals surface area contributed by atoms with Gasteiger partial charge in [0.2, 0.25) is 0 Å². The van der Waals surface area contributed by atoms with E-state index >= 15 is 0 Å². The van der Waals surface area contributed by atoms with Crippen molar-refractivity contribution in [2.75, 3.05) is 19.7 Å². The highest BCUT2D eigenvalue weighted by molar-refractivity contribution is 5.92. The van der Waals surface area contributed by atoms with Gasteiger partial charge >= 0.3 is 6.18 Å². The number of rotatable bonds is 3. The van der Waals surface area contributed by atoms with Crippen molar-refractivity contribution >= 4 is 5.91 Å². The number of alkyl halides is 3. The largest absolute Gasteiger partial charge is 0.416 e. The number of benzene rings is 1. The van der Waals surface area contributed by atoms with Gasteiger partial charge in [-0.1, -0.05) is 18.2 Å². The Hall–Kier alpha value is -2.35. The molecule has 24 heavy (non-hydrogen) atoms. The SMILES string of the molecule is O=C(c1cnc[nH]1)N1CCO[C@@H](Cc2cccc(C(F)(F)F)c2)C1. The summed E-state index contributed by atoms with van der Waals surface area (Å²) in [4.78, 5) is 20.5. The van der Waals surface area contributed by atoms with Gasteiger partial charge in [0, 0.05) is 19.5 Å². The minimum atomic E-state index is -4.37. The first-order valence-corrected chi connectivity index (χ1v) is 7.49. The third-order valence-electron chi connectivity index (χ3n) is 3.87. The molecule has 1 aliphatic rings. The van der Waals surface area contributed by atoms with E-state index in [0.29, 0.717) is 37.4 Å². The number of aromatic nitrogens is 2. The van der Waals surface area contributed by atoms with Crippen LogP contribution in [0.2, 0.25) is 0 Å². The zero-order chi connectivity index (χ0) is 17.2. The fraction of sp³-hybridized carbons (Fsp3) is 0.375. The molecule has 2 aromatic rings. The van der Waals surface area contributed by atoms with Crippen LogP contribution in [0.25, 0.3) is 0 Å². The minimum Gasteiger partial charge on any atom is -0.374 e. The number of morpholine rings is 1. The number of carbonyl (C=O) groups is 1. The smallest absolute Gasteiger partial charge is 0.374 e. The van der Waals surface area contributed by atoms with Gasteiger partial charge in [-0.2, -0.15) is 13.2 Å². The number of hydrogen-bond acceptors (Lipinski definition) is 3. The lowest BCUT2D eigenvalue weighted by atomic mass is 10.0. The molecule has 1 amide bonds. The fourth-order valence-electron chi connectivity index (χ4n) is 2.71. The molecule has 1 aliphatic heterocycles. The molecule has 0 saturated carbocycles. The molecule has 0 unspecified atom stereocenters. The Kier molecular flexibility index (Phi) is 4.57. The van der Waals surface area contributed by atoms with Crippen molar-refractivity contribution in [3.8, 4) is 0 Å². The summed E-state index contributed by atoms with van der Waals surface area (Å²) in [6, 6.07) is 5.18. The lowest BCUT2D eigenvalue weighted by Gasteiger charge is -2.32. The zero-order valence-electron chi connectivity index (χ0n) is 12.7. The maximum absolute atomic E-state index is 12.8. The lowest BCUT2D eigenvalue weighted by molar-refractivity contribution is -0.137.